The predicted molar refractivity (Wildman–Crippen MR) is 129 cm³/mol. The molecule has 3 aromatic rings. The Balaban J connectivity index is 1.61. The Kier molecular flexibility index (Phi) is 7.95. The van der Waals surface area contributed by atoms with Crippen molar-refractivity contribution < 1.29 is 26.4 Å². The van der Waals surface area contributed by atoms with E-state index in [0.717, 1.165) is 5.56 Å². The van der Waals surface area contributed by atoms with Crippen molar-refractivity contribution in [3.05, 3.63) is 83.4 Å². The molecule has 0 radical (unpaired) electrons. The lowest BCUT2D eigenvalue weighted by molar-refractivity contribution is -0.118. The number of benzene rings is 3. The Morgan fingerprint density at radius 1 is 0.971 bits per heavy atom. The van der Waals surface area contributed by atoms with Crippen molar-refractivity contribution in [2.24, 2.45) is 5.14 Å². The highest BCUT2D eigenvalue weighted by molar-refractivity contribution is 7.89. The van der Waals surface area contributed by atoms with Gasteiger partial charge in [-0.3, -0.25) is 4.79 Å². The summed E-state index contributed by atoms with van der Waals surface area (Å²) in [6.45, 7) is 1.32. The molecular weight excluding hydrogens is 502 g/mol. The van der Waals surface area contributed by atoms with E-state index in [1.54, 1.807) is 6.92 Å². The standard InChI is InChI=1S/C22H22ClN3O6S2/c1-15(16-5-3-2-4-6-16)26-34(30,31)19-11-12-21(20(23)13-19)32-14-22(27)25-17-7-9-18(10-8-17)33(24,28)29/h2-13,15,26H,14H2,1H3,(H,25,27)(H2,24,28,29)/t15-/m0/s1. The summed E-state index contributed by atoms with van der Waals surface area (Å²) in [5.41, 5.74) is 1.15. The van der Waals surface area contributed by atoms with Crippen LogP contribution in [-0.2, 0) is 24.8 Å². The molecule has 0 unspecified atom stereocenters. The molecule has 3 aromatic carbocycles. The van der Waals surface area contributed by atoms with Crippen molar-refractivity contribution >= 4 is 43.2 Å². The van der Waals surface area contributed by atoms with Gasteiger partial charge in [0, 0.05) is 11.7 Å². The van der Waals surface area contributed by atoms with Crippen molar-refractivity contribution in [3.63, 3.8) is 0 Å². The smallest absolute Gasteiger partial charge is 0.262 e. The quantitative estimate of drug-likeness (QED) is 0.393. The first-order valence-corrected chi connectivity index (χ1v) is 13.3. The monoisotopic (exact) mass is 523 g/mol. The van der Waals surface area contributed by atoms with Gasteiger partial charge < -0.3 is 10.1 Å². The number of carbonyl (C=O) groups excluding carboxylic acids is 1. The molecule has 0 aliphatic heterocycles. The van der Waals surface area contributed by atoms with Gasteiger partial charge in [0.1, 0.15) is 5.75 Å². The maximum atomic E-state index is 12.7. The number of nitrogens with two attached hydrogens (primary N) is 1. The van der Waals surface area contributed by atoms with E-state index in [0.29, 0.717) is 5.69 Å². The number of rotatable bonds is 9. The second-order valence-electron chi connectivity index (χ2n) is 7.25. The van der Waals surface area contributed by atoms with E-state index in [1.807, 2.05) is 30.3 Å². The van der Waals surface area contributed by atoms with Gasteiger partial charge in [-0.1, -0.05) is 41.9 Å². The molecule has 12 heteroatoms. The zero-order valence-corrected chi connectivity index (χ0v) is 20.3. The number of ether oxygens (including phenoxy) is 1. The van der Waals surface area contributed by atoms with Crippen LogP contribution < -0.4 is 19.9 Å². The van der Waals surface area contributed by atoms with E-state index in [-0.39, 0.29) is 20.6 Å². The van der Waals surface area contributed by atoms with Gasteiger partial charge in [-0.15, -0.1) is 0 Å². The molecule has 34 heavy (non-hydrogen) atoms. The Morgan fingerprint density at radius 2 is 1.59 bits per heavy atom. The van der Waals surface area contributed by atoms with Crippen LogP contribution in [0, 0.1) is 0 Å². The van der Waals surface area contributed by atoms with Gasteiger partial charge in [-0.2, -0.15) is 0 Å². The highest BCUT2D eigenvalue weighted by Crippen LogP contribution is 2.28. The maximum Gasteiger partial charge on any atom is 0.262 e. The minimum absolute atomic E-state index is 0.0144. The molecule has 0 aliphatic carbocycles. The van der Waals surface area contributed by atoms with E-state index in [2.05, 4.69) is 10.0 Å². The third-order valence-electron chi connectivity index (χ3n) is 4.67. The first-order valence-electron chi connectivity index (χ1n) is 9.88. The van der Waals surface area contributed by atoms with E-state index < -0.39 is 38.6 Å². The molecule has 0 fully saturated rings. The molecule has 0 saturated heterocycles. The van der Waals surface area contributed by atoms with Gasteiger partial charge in [-0.05, 0) is 55.0 Å². The zero-order chi connectivity index (χ0) is 24.9. The van der Waals surface area contributed by atoms with Crippen LogP contribution in [0.25, 0.3) is 0 Å². The van der Waals surface area contributed by atoms with Crippen molar-refractivity contribution in [1.82, 2.24) is 4.72 Å². The largest absolute Gasteiger partial charge is 0.482 e. The topological polar surface area (TPSA) is 145 Å². The molecule has 1 atom stereocenters. The fraction of sp³-hybridized carbons (Fsp3) is 0.136. The van der Waals surface area contributed by atoms with Crippen LogP contribution in [0.2, 0.25) is 5.02 Å². The maximum absolute atomic E-state index is 12.7. The van der Waals surface area contributed by atoms with Crippen LogP contribution in [0.5, 0.6) is 5.75 Å². The van der Waals surface area contributed by atoms with Gasteiger partial charge in [-0.25, -0.2) is 26.7 Å². The van der Waals surface area contributed by atoms with Gasteiger partial charge in [0.25, 0.3) is 5.91 Å². The number of hydrogen-bond acceptors (Lipinski definition) is 6. The summed E-state index contributed by atoms with van der Waals surface area (Å²) in [4.78, 5) is 12.0. The first-order chi connectivity index (χ1) is 16.0. The summed E-state index contributed by atoms with van der Waals surface area (Å²) in [6, 6.07) is 17.9. The van der Waals surface area contributed by atoms with Crippen LogP contribution in [0.3, 0.4) is 0 Å². The Labute approximate surface area is 203 Å². The lowest BCUT2D eigenvalue weighted by atomic mass is 10.1. The molecule has 180 valence electrons. The van der Waals surface area contributed by atoms with E-state index in [1.165, 1.54) is 42.5 Å². The molecular formula is C22H22ClN3O6S2. The number of halogens is 1. The summed E-state index contributed by atoms with van der Waals surface area (Å²) in [6.07, 6.45) is 0. The molecule has 0 heterocycles. The van der Waals surface area contributed by atoms with Crippen LogP contribution >= 0.6 is 11.6 Å². The summed E-state index contributed by atoms with van der Waals surface area (Å²) in [5, 5.41) is 7.58. The summed E-state index contributed by atoms with van der Waals surface area (Å²) in [5.74, 6) is -0.411. The molecule has 0 aliphatic rings. The predicted octanol–water partition coefficient (Wildman–Crippen LogP) is 3.04. The average molecular weight is 524 g/mol. The lowest BCUT2D eigenvalue weighted by Gasteiger charge is -2.15. The van der Waals surface area contributed by atoms with E-state index in [9.17, 15) is 21.6 Å². The fourth-order valence-corrected chi connectivity index (χ4v) is 5.02. The Morgan fingerprint density at radius 3 is 2.18 bits per heavy atom. The van der Waals surface area contributed by atoms with Gasteiger partial charge >= 0.3 is 0 Å². The molecule has 1 amide bonds. The van der Waals surface area contributed by atoms with Crippen molar-refractivity contribution in [1.29, 1.82) is 0 Å². The molecule has 9 nitrogen and oxygen atoms in total. The van der Waals surface area contributed by atoms with Crippen molar-refractivity contribution in [2.45, 2.75) is 22.8 Å². The molecule has 3 rings (SSSR count). The molecule has 0 spiro atoms. The van der Waals surface area contributed by atoms with Crippen LogP contribution in [-0.4, -0.2) is 29.3 Å². The summed E-state index contributed by atoms with van der Waals surface area (Å²) in [7, 11) is -7.69. The van der Waals surface area contributed by atoms with Crippen molar-refractivity contribution in [2.75, 3.05) is 11.9 Å². The fourth-order valence-electron chi connectivity index (χ4n) is 2.94. The van der Waals surface area contributed by atoms with Crippen molar-refractivity contribution in [3.8, 4) is 5.75 Å². The highest BCUT2D eigenvalue weighted by Gasteiger charge is 2.20. The lowest BCUT2D eigenvalue weighted by Crippen LogP contribution is -2.27. The number of sulfonamides is 2. The third-order valence-corrected chi connectivity index (χ3v) is 7.43. The van der Waals surface area contributed by atoms with Gasteiger partial charge in [0.2, 0.25) is 20.0 Å². The molecule has 4 N–H and O–H groups in total. The Hall–Kier alpha value is -2.96. The zero-order valence-electron chi connectivity index (χ0n) is 17.9. The normalized spacial score (nSPS) is 12.7. The minimum Gasteiger partial charge on any atom is -0.482 e. The highest BCUT2D eigenvalue weighted by atomic mass is 35.5. The van der Waals surface area contributed by atoms with Crippen LogP contribution in [0.15, 0.2) is 82.6 Å². The number of primary sulfonamides is 1. The van der Waals surface area contributed by atoms with E-state index in [4.69, 9.17) is 21.5 Å². The third kappa shape index (κ3) is 6.78. The number of carbonyl (C=O) groups is 1. The Bertz CT molecular complexity index is 1380. The van der Waals surface area contributed by atoms with Crippen LogP contribution in [0.4, 0.5) is 5.69 Å². The number of amides is 1. The van der Waals surface area contributed by atoms with E-state index >= 15 is 0 Å². The summed E-state index contributed by atoms with van der Waals surface area (Å²) < 4.78 is 56.0. The molecule has 0 aromatic heterocycles. The second kappa shape index (κ2) is 10.5. The second-order valence-corrected chi connectivity index (χ2v) is 10.9. The first kappa shape index (κ1) is 25.7. The molecule has 0 saturated carbocycles. The van der Waals surface area contributed by atoms with Crippen LogP contribution in [0.1, 0.15) is 18.5 Å². The number of anilines is 1. The number of hydrogen-bond donors (Lipinski definition) is 3. The summed E-state index contributed by atoms with van der Waals surface area (Å²) >= 11 is 6.18. The molecule has 0 bridgehead atoms. The SMILES string of the molecule is C[C@H](NS(=O)(=O)c1ccc(OCC(=O)Nc2ccc(S(N)(=O)=O)cc2)c(Cl)c1)c1ccccc1. The average Bonchev–Trinajstić information content (AvgIpc) is 2.78. The minimum atomic E-state index is -3.85. The number of nitrogens with one attached hydrogen (secondary N) is 2. The van der Waals surface area contributed by atoms with Gasteiger partial charge in [0.15, 0.2) is 6.61 Å². The van der Waals surface area contributed by atoms with Gasteiger partial charge in [0.05, 0.1) is 14.8 Å².